The topological polar surface area (TPSA) is 71.8 Å². The molecule has 1 fully saturated rings. The Bertz CT molecular complexity index is 677. The minimum absolute atomic E-state index is 0. The Morgan fingerprint density at radius 2 is 1.96 bits per heavy atom. The van der Waals surface area contributed by atoms with Crippen LogP contribution in [0.15, 0.2) is 24.3 Å². The van der Waals surface area contributed by atoms with Gasteiger partial charge in [0.1, 0.15) is 0 Å². The highest BCUT2D eigenvalue weighted by Gasteiger charge is 2.21. The Hall–Kier alpha value is -1.92. The molecule has 0 bridgehead atoms. The highest BCUT2D eigenvalue weighted by atomic mass is 35.5. The molecule has 3 rings (SSSR count). The Kier molecular flexibility index (Phi) is 6.34. The van der Waals surface area contributed by atoms with E-state index in [4.69, 9.17) is 0 Å². The van der Waals surface area contributed by atoms with Crippen LogP contribution < -0.4 is 10.6 Å². The van der Waals surface area contributed by atoms with Crippen molar-refractivity contribution in [2.75, 3.05) is 18.4 Å². The molecule has 1 saturated heterocycles. The summed E-state index contributed by atoms with van der Waals surface area (Å²) in [5.41, 5.74) is 2.18. The van der Waals surface area contributed by atoms with Crippen molar-refractivity contribution >= 4 is 24.3 Å². The predicted molar refractivity (Wildman–Crippen MR) is 96.6 cm³/mol. The van der Waals surface area contributed by atoms with Crippen LogP contribution in [0.5, 0.6) is 0 Å². The molecule has 24 heavy (non-hydrogen) atoms. The number of nitrogens with one attached hydrogen (secondary N) is 2. The fourth-order valence-corrected chi connectivity index (χ4v) is 2.83. The summed E-state index contributed by atoms with van der Waals surface area (Å²) in [5, 5.41) is 10.7. The number of hydrogen-bond acceptors (Lipinski definition) is 4. The fourth-order valence-electron chi connectivity index (χ4n) is 2.83. The lowest BCUT2D eigenvalue weighted by atomic mass is 9.98. The molecule has 1 aromatic carbocycles. The molecule has 2 heterocycles. The summed E-state index contributed by atoms with van der Waals surface area (Å²) < 4.78 is 1.66. The zero-order chi connectivity index (χ0) is 16.2. The van der Waals surface area contributed by atoms with Gasteiger partial charge in [0.05, 0.1) is 6.42 Å². The van der Waals surface area contributed by atoms with Gasteiger partial charge in [-0.2, -0.15) is 10.1 Å². The summed E-state index contributed by atoms with van der Waals surface area (Å²) in [5.74, 6) is 1.67. The number of rotatable bonds is 4. The van der Waals surface area contributed by atoms with Crippen molar-refractivity contribution in [2.45, 2.75) is 32.1 Å². The molecule has 2 N–H and O–H groups in total. The van der Waals surface area contributed by atoms with E-state index in [1.54, 1.807) is 4.68 Å². The first-order chi connectivity index (χ1) is 11.1. The van der Waals surface area contributed by atoms with Gasteiger partial charge in [-0.1, -0.05) is 29.8 Å². The van der Waals surface area contributed by atoms with Gasteiger partial charge in [-0.25, -0.2) is 4.68 Å². The molecule has 1 aliphatic heterocycles. The number of anilines is 1. The van der Waals surface area contributed by atoms with Crippen LogP contribution in [0.2, 0.25) is 0 Å². The Morgan fingerprint density at radius 3 is 2.62 bits per heavy atom. The number of hydrogen-bond donors (Lipinski definition) is 2. The van der Waals surface area contributed by atoms with Crippen LogP contribution in [-0.2, 0) is 18.3 Å². The van der Waals surface area contributed by atoms with Crippen LogP contribution in [0.3, 0.4) is 0 Å². The van der Waals surface area contributed by atoms with E-state index in [1.807, 2.05) is 38.2 Å². The predicted octanol–water partition coefficient (Wildman–Crippen LogP) is 2.19. The molecule has 0 unspecified atom stereocenters. The van der Waals surface area contributed by atoms with Gasteiger partial charge in [-0.15, -0.1) is 12.4 Å². The molecule has 1 amide bonds. The third-order valence-electron chi connectivity index (χ3n) is 4.22. The molecule has 1 aliphatic rings. The van der Waals surface area contributed by atoms with Crippen LogP contribution in [0.1, 0.15) is 35.7 Å². The smallest absolute Gasteiger partial charge is 0.231 e. The lowest BCUT2D eigenvalue weighted by Crippen LogP contribution is -2.27. The molecule has 0 radical (unpaired) electrons. The number of carbonyl (C=O) groups excluding carboxylic acids is 1. The lowest BCUT2D eigenvalue weighted by Gasteiger charge is -2.19. The van der Waals surface area contributed by atoms with Crippen LogP contribution in [0.25, 0.3) is 0 Å². The summed E-state index contributed by atoms with van der Waals surface area (Å²) in [6, 6.07) is 7.98. The lowest BCUT2D eigenvalue weighted by molar-refractivity contribution is -0.115. The number of benzene rings is 1. The molecule has 1 aromatic heterocycles. The molecule has 0 atom stereocenters. The van der Waals surface area contributed by atoms with E-state index in [1.165, 1.54) is 5.56 Å². The van der Waals surface area contributed by atoms with Gasteiger partial charge in [-0.3, -0.25) is 10.1 Å². The fraction of sp³-hybridized carbons (Fsp3) is 0.471. The average Bonchev–Trinajstić information content (AvgIpc) is 2.91. The van der Waals surface area contributed by atoms with E-state index in [2.05, 4.69) is 20.7 Å². The number of amides is 1. The molecule has 0 aliphatic carbocycles. The van der Waals surface area contributed by atoms with Gasteiger partial charge >= 0.3 is 0 Å². The molecule has 7 heteroatoms. The van der Waals surface area contributed by atoms with Crippen LogP contribution in [-0.4, -0.2) is 33.8 Å². The van der Waals surface area contributed by atoms with Gasteiger partial charge in [0.25, 0.3) is 0 Å². The first-order valence-electron chi connectivity index (χ1n) is 8.09. The van der Waals surface area contributed by atoms with Gasteiger partial charge in [0.2, 0.25) is 11.9 Å². The largest absolute Gasteiger partial charge is 0.317 e. The molecular formula is C17H24ClN5O. The summed E-state index contributed by atoms with van der Waals surface area (Å²) in [6.45, 7) is 4.03. The highest BCUT2D eigenvalue weighted by Crippen LogP contribution is 2.23. The van der Waals surface area contributed by atoms with E-state index in [0.717, 1.165) is 37.3 Å². The molecule has 2 aromatic rings. The van der Waals surface area contributed by atoms with Gasteiger partial charge in [0, 0.05) is 13.0 Å². The van der Waals surface area contributed by atoms with Crippen molar-refractivity contribution < 1.29 is 4.79 Å². The van der Waals surface area contributed by atoms with Crippen molar-refractivity contribution in [1.82, 2.24) is 20.1 Å². The number of piperidine rings is 1. The van der Waals surface area contributed by atoms with Crippen molar-refractivity contribution in [2.24, 2.45) is 7.05 Å². The van der Waals surface area contributed by atoms with Crippen LogP contribution in [0.4, 0.5) is 5.95 Å². The summed E-state index contributed by atoms with van der Waals surface area (Å²) >= 11 is 0. The van der Waals surface area contributed by atoms with E-state index in [9.17, 15) is 4.79 Å². The molecule has 130 valence electrons. The highest BCUT2D eigenvalue weighted by molar-refractivity contribution is 5.90. The minimum atomic E-state index is -0.0683. The number of nitrogens with zero attached hydrogens (tertiary/aromatic N) is 3. The second-order valence-corrected chi connectivity index (χ2v) is 6.15. The van der Waals surface area contributed by atoms with E-state index < -0.39 is 0 Å². The van der Waals surface area contributed by atoms with E-state index in [0.29, 0.717) is 18.3 Å². The SMILES string of the molecule is Cc1ccc(CC(=O)Nc2nc(C3CCNCC3)nn2C)cc1.Cl. The average molecular weight is 350 g/mol. The van der Waals surface area contributed by atoms with E-state index >= 15 is 0 Å². The number of aromatic nitrogens is 3. The van der Waals surface area contributed by atoms with Gasteiger partial charge in [-0.05, 0) is 38.4 Å². The second-order valence-electron chi connectivity index (χ2n) is 6.15. The normalized spacial score (nSPS) is 14.9. The molecule has 0 spiro atoms. The summed E-state index contributed by atoms with van der Waals surface area (Å²) in [7, 11) is 1.82. The summed E-state index contributed by atoms with van der Waals surface area (Å²) in [6.07, 6.45) is 2.43. The van der Waals surface area contributed by atoms with Crippen LogP contribution in [0, 0.1) is 6.92 Å². The Morgan fingerprint density at radius 1 is 1.29 bits per heavy atom. The van der Waals surface area contributed by atoms with Crippen molar-refractivity contribution in [3.63, 3.8) is 0 Å². The first-order valence-corrected chi connectivity index (χ1v) is 8.09. The molecular weight excluding hydrogens is 326 g/mol. The third kappa shape index (κ3) is 4.55. The monoisotopic (exact) mass is 349 g/mol. The molecule has 0 saturated carbocycles. The summed E-state index contributed by atoms with van der Waals surface area (Å²) in [4.78, 5) is 16.7. The van der Waals surface area contributed by atoms with Crippen molar-refractivity contribution in [3.05, 3.63) is 41.2 Å². The van der Waals surface area contributed by atoms with Crippen molar-refractivity contribution in [1.29, 1.82) is 0 Å². The third-order valence-corrected chi connectivity index (χ3v) is 4.22. The quantitative estimate of drug-likeness (QED) is 0.887. The van der Waals surface area contributed by atoms with Gasteiger partial charge in [0.15, 0.2) is 5.82 Å². The van der Waals surface area contributed by atoms with E-state index in [-0.39, 0.29) is 18.3 Å². The first kappa shape index (κ1) is 18.4. The zero-order valence-corrected chi connectivity index (χ0v) is 14.9. The maximum absolute atomic E-state index is 12.2. The Labute approximate surface area is 148 Å². The maximum atomic E-state index is 12.2. The number of halogens is 1. The van der Waals surface area contributed by atoms with Gasteiger partial charge < -0.3 is 5.32 Å². The van der Waals surface area contributed by atoms with Crippen LogP contribution >= 0.6 is 12.4 Å². The maximum Gasteiger partial charge on any atom is 0.231 e. The molecule has 6 nitrogen and oxygen atoms in total. The Balaban J connectivity index is 0.00000208. The second kappa shape index (κ2) is 8.26. The minimum Gasteiger partial charge on any atom is -0.317 e. The zero-order valence-electron chi connectivity index (χ0n) is 14.1. The number of aryl methyl sites for hydroxylation is 2. The number of carbonyl (C=O) groups is 1. The van der Waals surface area contributed by atoms with Crippen molar-refractivity contribution in [3.8, 4) is 0 Å². The standard InChI is InChI=1S/C17H23N5O.ClH/c1-12-3-5-13(6-4-12)11-15(23)19-17-20-16(21-22(17)2)14-7-9-18-10-8-14;/h3-6,14,18H,7-11H2,1-2H3,(H,19,20,21,23);1H.